The summed E-state index contributed by atoms with van der Waals surface area (Å²) in [6.07, 6.45) is 0.835. The first-order valence-electron chi connectivity index (χ1n) is 5.62. The minimum atomic E-state index is 0.528. The predicted octanol–water partition coefficient (Wildman–Crippen LogP) is 2.90. The van der Waals surface area contributed by atoms with Gasteiger partial charge in [-0.3, -0.25) is 0 Å². The summed E-state index contributed by atoms with van der Waals surface area (Å²) >= 11 is 2.18. The van der Waals surface area contributed by atoms with E-state index in [4.69, 9.17) is 10.5 Å². The van der Waals surface area contributed by atoms with Gasteiger partial charge < -0.3 is 10.5 Å². The van der Waals surface area contributed by atoms with E-state index in [0.29, 0.717) is 11.6 Å². The topological polar surface area (TPSA) is 61.0 Å². The maximum atomic E-state index is 5.92. The number of hydrogen-bond acceptors (Lipinski definition) is 4. The van der Waals surface area contributed by atoms with E-state index in [1.165, 1.54) is 0 Å². The van der Waals surface area contributed by atoms with E-state index in [1.807, 2.05) is 24.3 Å². The van der Waals surface area contributed by atoms with Crippen molar-refractivity contribution in [1.82, 2.24) is 9.97 Å². The van der Waals surface area contributed by atoms with Crippen molar-refractivity contribution in [2.24, 2.45) is 0 Å². The molecular weight excluding hydrogens is 341 g/mol. The molecular formula is C13H14IN3O. The zero-order valence-corrected chi connectivity index (χ0v) is 12.4. The number of aromatic nitrogens is 2. The molecule has 18 heavy (non-hydrogen) atoms. The highest BCUT2D eigenvalue weighted by Gasteiger charge is 2.10. The van der Waals surface area contributed by atoms with Crippen molar-refractivity contribution in [1.29, 1.82) is 0 Å². The lowest BCUT2D eigenvalue weighted by Crippen LogP contribution is -2.04. The summed E-state index contributed by atoms with van der Waals surface area (Å²) in [5.41, 5.74) is 7.80. The second kappa shape index (κ2) is 5.51. The lowest BCUT2D eigenvalue weighted by atomic mass is 10.2. The number of rotatable bonds is 3. The number of nitrogen functional groups attached to an aromatic ring is 1. The van der Waals surface area contributed by atoms with Crippen LogP contribution in [0.25, 0.3) is 11.4 Å². The monoisotopic (exact) mass is 355 g/mol. The zero-order chi connectivity index (χ0) is 13.1. The van der Waals surface area contributed by atoms with Crippen LogP contribution in [0.3, 0.4) is 0 Å². The van der Waals surface area contributed by atoms with Crippen LogP contribution in [0.4, 0.5) is 5.82 Å². The van der Waals surface area contributed by atoms with E-state index < -0.39 is 0 Å². The van der Waals surface area contributed by atoms with Crippen LogP contribution in [0.15, 0.2) is 24.3 Å². The maximum Gasteiger partial charge on any atom is 0.161 e. The van der Waals surface area contributed by atoms with E-state index in [0.717, 1.165) is 27.0 Å². The Morgan fingerprint density at radius 1 is 1.33 bits per heavy atom. The summed E-state index contributed by atoms with van der Waals surface area (Å²) in [5, 5.41) is 0. The minimum Gasteiger partial charge on any atom is -0.497 e. The Morgan fingerprint density at radius 3 is 2.78 bits per heavy atom. The Labute approximate surface area is 120 Å². The molecule has 0 aliphatic rings. The van der Waals surface area contributed by atoms with Gasteiger partial charge in [0.15, 0.2) is 5.82 Å². The van der Waals surface area contributed by atoms with Crippen LogP contribution in [0.2, 0.25) is 0 Å². The Morgan fingerprint density at radius 2 is 2.11 bits per heavy atom. The lowest BCUT2D eigenvalue weighted by Gasteiger charge is -2.08. The van der Waals surface area contributed by atoms with Crippen molar-refractivity contribution >= 4 is 28.4 Å². The average Bonchev–Trinajstić information content (AvgIpc) is 2.41. The van der Waals surface area contributed by atoms with Gasteiger partial charge in [-0.1, -0.05) is 19.1 Å². The van der Waals surface area contributed by atoms with E-state index >= 15 is 0 Å². The molecule has 2 aromatic rings. The van der Waals surface area contributed by atoms with Gasteiger partial charge in [0.2, 0.25) is 0 Å². The van der Waals surface area contributed by atoms with Gasteiger partial charge in [0.25, 0.3) is 0 Å². The number of aryl methyl sites for hydroxylation is 1. The number of methoxy groups -OCH3 is 1. The predicted molar refractivity (Wildman–Crippen MR) is 80.5 cm³/mol. The van der Waals surface area contributed by atoms with E-state index in [9.17, 15) is 0 Å². The summed E-state index contributed by atoms with van der Waals surface area (Å²) in [6, 6.07) is 7.66. The molecule has 2 N–H and O–H groups in total. The van der Waals surface area contributed by atoms with Crippen molar-refractivity contribution in [3.8, 4) is 17.1 Å². The molecule has 0 aliphatic carbocycles. The summed E-state index contributed by atoms with van der Waals surface area (Å²) in [6.45, 7) is 2.05. The fourth-order valence-electron chi connectivity index (χ4n) is 1.64. The molecule has 4 nitrogen and oxygen atoms in total. The van der Waals surface area contributed by atoms with Gasteiger partial charge in [0, 0.05) is 5.56 Å². The molecule has 1 aromatic carbocycles. The van der Waals surface area contributed by atoms with Crippen molar-refractivity contribution in [2.75, 3.05) is 12.8 Å². The third-order valence-corrected chi connectivity index (χ3v) is 3.78. The molecule has 94 valence electrons. The number of anilines is 1. The number of nitrogens with two attached hydrogens (primary N) is 1. The molecule has 2 rings (SSSR count). The molecule has 0 saturated heterocycles. The number of nitrogens with zero attached hydrogens (tertiary/aromatic N) is 2. The highest BCUT2D eigenvalue weighted by molar-refractivity contribution is 14.1. The minimum absolute atomic E-state index is 0.528. The first-order valence-corrected chi connectivity index (χ1v) is 6.70. The summed E-state index contributed by atoms with van der Waals surface area (Å²) in [4.78, 5) is 8.87. The van der Waals surface area contributed by atoms with Crippen molar-refractivity contribution in [2.45, 2.75) is 13.3 Å². The van der Waals surface area contributed by atoms with Crippen LogP contribution in [0, 0.1) is 3.57 Å². The van der Waals surface area contributed by atoms with Gasteiger partial charge in [0.05, 0.1) is 16.4 Å². The number of hydrogen-bond donors (Lipinski definition) is 1. The van der Waals surface area contributed by atoms with Crippen LogP contribution in [0.1, 0.15) is 12.6 Å². The first kappa shape index (κ1) is 13.1. The van der Waals surface area contributed by atoms with Crippen LogP contribution in [0.5, 0.6) is 5.75 Å². The molecule has 0 aliphatic heterocycles. The van der Waals surface area contributed by atoms with Crippen molar-refractivity contribution in [3.63, 3.8) is 0 Å². The SMILES string of the molecule is CCc1nc(-c2cccc(OC)c2)nc(N)c1I. The summed E-state index contributed by atoms with van der Waals surface area (Å²) < 4.78 is 6.13. The molecule has 0 spiro atoms. The van der Waals surface area contributed by atoms with E-state index in [1.54, 1.807) is 7.11 Å². The van der Waals surface area contributed by atoms with Crippen LogP contribution in [-0.2, 0) is 6.42 Å². The Kier molecular flexibility index (Phi) is 4.00. The largest absolute Gasteiger partial charge is 0.497 e. The number of benzene rings is 1. The second-order valence-corrected chi connectivity index (χ2v) is 4.86. The second-order valence-electron chi connectivity index (χ2n) is 3.78. The average molecular weight is 355 g/mol. The van der Waals surface area contributed by atoms with Gasteiger partial charge in [-0.2, -0.15) is 0 Å². The van der Waals surface area contributed by atoms with Gasteiger partial charge in [0.1, 0.15) is 11.6 Å². The van der Waals surface area contributed by atoms with Crippen molar-refractivity contribution in [3.05, 3.63) is 33.5 Å². The van der Waals surface area contributed by atoms with E-state index in [2.05, 4.69) is 39.5 Å². The highest BCUT2D eigenvalue weighted by atomic mass is 127. The molecule has 0 bridgehead atoms. The molecule has 0 amide bonds. The number of halogens is 1. The molecule has 5 heteroatoms. The van der Waals surface area contributed by atoms with Gasteiger partial charge in [-0.05, 0) is 41.1 Å². The Bertz CT molecular complexity index is 572. The Balaban J connectivity index is 2.53. The molecule has 0 unspecified atom stereocenters. The standard InChI is InChI=1S/C13H14IN3O/c1-3-10-11(14)12(15)17-13(16-10)8-5-4-6-9(7-8)18-2/h4-7H,3H2,1-2H3,(H2,15,16,17). The molecule has 0 saturated carbocycles. The lowest BCUT2D eigenvalue weighted by molar-refractivity contribution is 0.415. The number of ether oxygens (including phenoxy) is 1. The molecule has 0 atom stereocenters. The van der Waals surface area contributed by atoms with Crippen LogP contribution < -0.4 is 10.5 Å². The molecule has 0 fully saturated rings. The highest BCUT2D eigenvalue weighted by Crippen LogP contribution is 2.24. The van der Waals surface area contributed by atoms with Gasteiger partial charge in [-0.15, -0.1) is 0 Å². The van der Waals surface area contributed by atoms with E-state index in [-0.39, 0.29) is 0 Å². The third-order valence-electron chi connectivity index (χ3n) is 2.61. The van der Waals surface area contributed by atoms with Gasteiger partial charge in [-0.25, -0.2) is 9.97 Å². The summed E-state index contributed by atoms with van der Waals surface area (Å²) in [5.74, 6) is 1.95. The molecule has 0 radical (unpaired) electrons. The van der Waals surface area contributed by atoms with Crippen LogP contribution >= 0.6 is 22.6 Å². The Hall–Kier alpha value is -1.37. The van der Waals surface area contributed by atoms with Crippen LogP contribution in [-0.4, -0.2) is 17.1 Å². The molecule has 1 aromatic heterocycles. The first-order chi connectivity index (χ1) is 8.65. The summed E-state index contributed by atoms with van der Waals surface area (Å²) in [7, 11) is 1.64. The quantitative estimate of drug-likeness (QED) is 0.861. The van der Waals surface area contributed by atoms with Crippen molar-refractivity contribution < 1.29 is 4.74 Å². The fraction of sp³-hybridized carbons (Fsp3) is 0.231. The third kappa shape index (κ3) is 2.55. The maximum absolute atomic E-state index is 5.92. The molecule has 1 heterocycles. The normalized spacial score (nSPS) is 10.4. The fourth-order valence-corrected chi connectivity index (χ4v) is 2.26. The smallest absolute Gasteiger partial charge is 0.161 e. The zero-order valence-electron chi connectivity index (χ0n) is 10.3. The van der Waals surface area contributed by atoms with Gasteiger partial charge >= 0.3 is 0 Å².